The van der Waals surface area contributed by atoms with Crippen molar-refractivity contribution in [3.8, 4) is 5.75 Å². The fourth-order valence-electron chi connectivity index (χ4n) is 3.12. The van der Waals surface area contributed by atoms with Gasteiger partial charge in [0.2, 0.25) is 0 Å². The SMILES string of the molecule is COc1ccc(NC2=C(c3ccc(C)c(C)c3)C(=O)N(C(C)C)C2=O)cc1. The van der Waals surface area contributed by atoms with Gasteiger partial charge < -0.3 is 10.1 Å². The summed E-state index contributed by atoms with van der Waals surface area (Å²) in [6.45, 7) is 7.69. The zero-order chi connectivity index (χ0) is 19.7. The van der Waals surface area contributed by atoms with Crippen molar-refractivity contribution in [2.45, 2.75) is 33.7 Å². The minimum atomic E-state index is -0.306. The average molecular weight is 364 g/mol. The van der Waals surface area contributed by atoms with E-state index < -0.39 is 0 Å². The number of benzene rings is 2. The van der Waals surface area contributed by atoms with Gasteiger partial charge in [0.25, 0.3) is 11.8 Å². The highest BCUT2D eigenvalue weighted by Crippen LogP contribution is 2.32. The van der Waals surface area contributed by atoms with Gasteiger partial charge in [0, 0.05) is 11.7 Å². The summed E-state index contributed by atoms with van der Waals surface area (Å²) in [5.74, 6) is 0.148. The third-order valence-corrected chi connectivity index (χ3v) is 4.79. The molecular weight excluding hydrogens is 340 g/mol. The van der Waals surface area contributed by atoms with Gasteiger partial charge in [-0.1, -0.05) is 18.2 Å². The average Bonchev–Trinajstić information content (AvgIpc) is 2.88. The number of aryl methyl sites for hydroxylation is 2. The Bertz CT molecular complexity index is 927. The van der Waals surface area contributed by atoms with E-state index in [2.05, 4.69) is 5.32 Å². The van der Waals surface area contributed by atoms with E-state index in [-0.39, 0.29) is 17.9 Å². The second kappa shape index (κ2) is 7.27. The van der Waals surface area contributed by atoms with Crippen LogP contribution in [0.1, 0.15) is 30.5 Å². The van der Waals surface area contributed by atoms with E-state index in [1.165, 1.54) is 4.90 Å². The van der Waals surface area contributed by atoms with Crippen LogP contribution in [-0.2, 0) is 9.59 Å². The Hall–Kier alpha value is -3.08. The molecule has 27 heavy (non-hydrogen) atoms. The summed E-state index contributed by atoms with van der Waals surface area (Å²) in [5, 5.41) is 3.15. The molecule has 0 bridgehead atoms. The van der Waals surface area contributed by atoms with Crippen molar-refractivity contribution in [3.63, 3.8) is 0 Å². The van der Waals surface area contributed by atoms with Gasteiger partial charge in [0.05, 0.1) is 12.7 Å². The molecule has 0 radical (unpaired) electrons. The predicted octanol–water partition coefficient (Wildman–Crippen LogP) is 3.91. The lowest BCUT2D eigenvalue weighted by Gasteiger charge is -2.19. The lowest BCUT2D eigenvalue weighted by atomic mass is 9.99. The van der Waals surface area contributed by atoms with Gasteiger partial charge in [-0.2, -0.15) is 0 Å². The molecule has 0 fully saturated rings. The Morgan fingerprint density at radius 3 is 2.15 bits per heavy atom. The third kappa shape index (κ3) is 3.45. The number of amides is 2. The predicted molar refractivity (Wildman–Crippen MR) is 106 cm³/mol. The molecule has 0 aliphatic carbocycles. The van der Waals surface area contributed by atoms with Gasteiger partial charge in [-0.25, -0.2) is 0 Å². The summed E-state index contributed by atoms with van der Waals surface area (Å²) in [6.07, 6.45) is 0. The van der Waals surface area contributed by atoms with Crippen molar-refractivity contribution in [2.24, 2.45) is 0 Å². The minimum absolute atomic E-state index is 0.221. The van der Waals surface area contributed by atoms with E-state index in [0.717, 1.165) is 28.1 Å². The third-order valence-electron chi connectivity index (χ3n) is 4.79. The van der Waals surface area contributed by atoms with Crippen LogP contribution in [0.3, 0.4) is 0 Å². The summed E-state index contributed by atoms with van der Waals surface area (Å²) in [6, 6.07) is 12.8. The van der Waals surface area contributed by atoms with Gasteiger partial charge in [0.1, 0.15) is 11.4 Å². The van der Waals surface area contributed by atoms with Crippen LogP contribution in [0, 0.1) is 13.8 Å². The van der Waals surface area contributed by atoms with Crippen molar-refractivity contribution in [2.75, 3.05) is 12.4 Å². The molecule has 0 spiro atoms. The first-order valence-electron chi connectivity index (χ1n) is 8.94. The first-order chi connectivity index (χ1) is 12.8. The molecule has 2 amide bonds. The van der Waals surface area contributed by atoms with Gasteiger partial charge in [0.15, 0.2) is 0 Å². The molecular formula is C22H24N2O3. The standard InChI is InChI=1S/C22H24N2O3/c1-13(2)24-21(25)19(16-7-6-14(3)15(4)12-16)20(22(24)26)23-17-8-10-18(27-5)11-9-17/h6-13,23H,1-5H3. The highest BCUT2D eigenvalue weighted by Gasteiger charge is 2.40. The second-order valence-electron chi connectivity index (χ2n) is 6.98. The molecule has 5 heteroatoms. The molecule has 1 aliphatic rings. The number of rotatable bonds is 5. The van der Waals surface area contributed by atoms with E-state index >= 15 is 0 Å². The first-order valence-corrected chi connectivity index (χ1v) is 8.94. The summed E-state index contributed by atoms with van der Waals surface area (Å²) >= 11 is 0. The fourth-order valence-corrected chi connectivity index (χ4v) is 3.12. The maximum atomic E-state index is 13.0. The molecule has 0 saturated heterocycles. The van der Waals surface area contributed by atoms with Crippen LogP contribution in [-0.4, -0.2) is 29.9 Å². The number of ether oxygens (including phenoxy) is 1. The second-order valence-corrected chi connectivity index (χ2v) is 6.98. The Labute approximate surface area is 159 Å². The number of hydrogen-bond acceptors (Lipinski definition) is 4. The normalized spacial score (nSPS) is 14.4. The number of hydrogen-bond donors (Lipinski definition) is 1. The van der Waals surface area contributed by atoms with Crippen molar-refractivity contribution in [1.82, 2.24) is 4.90 Å². The summed E-state index contributed by atoms with van der Waals surface area (Å²) in [5.41, 5.74) is 4.40. The molecule has 1 N–H and O–H groups in total. The van der Waals surface area contributed by atoms with E-state index in [1.807, 2.05) is 58.0 Å². The summed E-state index contributed by atoms with van der Waals surface area (Å²) in [4.78, 5) is 27.3. The summed E-state index contributed by atoms with van der Waals surface area (Å²) < 4.78 is 5.17. The van der Waals surface area contributed by atoms with E-state index in [9.17, 15) is 9.59 Å². The smallest absolute Gasteiger partial charge is 0.278 e. The Kier molecular flexibility index (Phi) is 5.04. The highest BCUT2D eigenvalue weighted by atomic mass is 16.5. The number of imide groups is 1. The molecule has 0 unspecified atom stereocenters. The molecule has 0 atom stereocenters. The van der Waals surface area contributed by atoms with Crippen LogP contribution >= 0.6 is 0 Å². The number of nitrogens with zero attached hydrogens (tertiary/aromatic N) is 1. The minimum Gasteiger partial charge on any atom is -0.497 e. The zero-order valence-electron chi connectivity index (χ0n) is 16.3. The van der Waals surface area contributed by atoms with Crippen molar-refractivity contribution < 1.29 is 14.3 Å². The monoisotopic (exact) mass is 364 g/mol. The molecule has 140 valence electrons. The maximum Gasteiger partial charge on any atom is 0.278 e. The topological polar surface area (TPSA) is 58.6 Å². The number of methoxy groups -OCH3 is 1. The van der Waals surface area contributed by atoms with Crippen molar-refractivity contribution >= 4 is 23.1 Å². The van der Waals surface area contributed by atoms with E-state index in [4.69, 9.17) is 4.74 Å². The van der Waals surface area contributed by atoms with Crippen LogP contribution < -0.4 is 10.1 Å². The fraction of sp³-hybridized carbons (Fsp3) is 0.273. The Morgan fingerprint density at radius 1 is 0.926 bits per heavy atom. The van der Waals surface area contributed by atoms with Crippen LogP contribution in [0.2, 0.25) is 0 Å². The van der Waals surface area contributed by atoms with Crippen LogP contribution in [0.5, 0.6) is 5.75 Å². The van der Waals surface area contributed by atoms with Crippen LogP contribution in [0.25, 0.3) is 5.57 Å². The number of nitrogens with one attached hydrogen (secondary N) is 1. The first kappa shape index (κ1) is 18.7. The van der Waals surface area contributed by atoms with Gasteiger partial charge >= 0.3 is 0 Å². The number of carbonyl (C=O) groups excluding carboxylic acids is 2. The molecule has 2 aromatic rings. The van der Waals surface area contributed by atoms with Crippen LogP contribution in [0.4, 0.5) is 5.69 Å². The molecule has 1 heterocycles. The lowest BCUT2D eigenvalue weighted by molar-refractivity contribution is -0.138. The molecule has 0 aromatic heterocycles. The molecule has 5 nitrogen and oxygen atoms in total. The molecule has 1 aliphatic heterocycles. The zero-order valence-corrected chi connectivity index (χ0v) is 16.3. The maximum absolute atomic E-state index is 13.0. The quantitative estimate of drug-likeness (QED) is 0.817. The number of carbonyl (C=O) groups is 2. The van der Waals surface area contributed by atoms with E-state index in [1.54, 1.807) is 19.2 Å². The Balaban J connectivity index is 2.09. The summed E-state index contributed by atoms with van der Waals surface area (Å²) in [7, 11) is 1.60. The lowest BCUT2D eigenvalue weighted by Crippen LogP contribution is -2.38. The largest absolute Gasteiger partial charge is 0.497 e. The Morgan fingerprint density at radius 2 is 1.59 bits per heavy atom. The highest BCUT2D eigenvalue weighted by molar-refractivity contribution is 6.36. The van der Waals surface area contributed by atoms with Crippen molar-refractivity contribution in [1.29, 1.82) is 0 Å². The van der Waals surface area contributed by atoms with Gasteiger partial charge in [-0.3, -0.25) is 14.5 Å². The van der Waals surface area contributed by atoms with E-state index in [0.29, 0.717) is 11.3 Å². The van der Waals surface area contributed by atoms with Gasteiger partial charge in [-0.05, 0) is 68.7 Å². The molecule has 3 rings (SSSR count). The van der Waals surface area contributed by atoms with Crippen LogP contribution in [0.15, 0.2) is 48.2 Å². The molecule has 2 aromatic carbocycles. The molecule has 0 saturated carbocycles. The number of anilines is 1. The van der Waals surface area contributed by atoms with Gasteiger partial charge in [-0.15, -0.1) is 0 Å². The van der Waals surface area contributed by atoms with Crippen molar-refractivity contribution in [3.05, 3.63) is 64.9 Å².